The van der Waals surface area contributed by atoms with Crippen LogP contribution in [0, 0.1) is 0 Å². The van der Waals surface area contributed by atoms with Crippen molar-refractivity contribution < 1.29 is 4.52 Å². The number of anilines is 3. The first-order valence-electron chi connectivity index (χ1n) is 8.10. The summed E-state index contributed by atoms with van der Waals surface area (Å²) in [6, 6.07) is 17.6. The number of imidazole rings is 1. The highest BCUT2D eigenvalue weighted by molar-refractivity contribution is 5.90. The third kappa shape index (κ3) is 2.34. The molecular weight excluding hydrogens is 328 g/mol. The molecule has 26 heavy (non-hydrogen) atoms. The summed E-state index contributed by atoms with van der Waals surface area (Å²) in [4.78, 5) is 4.40. The number of fused-ring (bicyclic) bond motifs is 2. The predicted octanol–water partition coefficient (Wildman–Crippen LogP) is 3.86. The highest BCUT2D eigenvalue weighted by atomic mass is 16.5. The number of benzene rings is 2. The van der Waals surface area contributed by atoms with Gasteiger partial charge in [-0.1, -0.05) is 29.4 Å². The molecular formula is C19H14N6O. The van der Waals surface area contributed by atoms with Gasteiger partial charge in [0.25, 0.3) is 0 Å². The van der Waals surface area contributed by atoms with Crippen LogP contribution in [0.1, 0.15) is 0 Å². The first-order chi connectivity index (χ1) is 12.8. The Hall–Kier alpha value is -3.87. The van der Waals surface area contributed by atoms with E-state index in [2.05, 4.69) is 20.6 Å². The number of hydrogen-bond donors (Lipinski definition) is 2. The van der Waals surface area contributed by atoms with Crippen LogP contribution in [0.5, 0.6) is 0 Å². The van der Waals surface area contributed by atoms with Gasteiger partial charge in [-0.05, 0) is 30.3 Å². The standard InChI is InChI=1S/C19H14N6O/c20-18-14-7-6-12(10-17(14)26-24-18)15-11-16(19-21-8-9-25(19)23-15)22-13-4-2-1-3-5-13/h1-11,22H,(H2,20,24). The minimum absolute atomic E-state index is 0.385. The number of nitrogen functional groups attached to an aromatic ring is 1. The molecule has 7 nitrogen and oxygen atoms in total. The SMILES string of the molecule is Nc1noc2cc(-c3cc(Nc4ccccc4)c4nccn4n3)ccc12. The highest BCUT2D eigenvalue weighted by Gasteiger charge is 2.12. The molecule has 0 spiro atoms. The van der Waals surface area contributed by atoms with E-state index in [4.69, 9.17) is 10.3 Å². The second-order valence-electron chi connectivity index (χ2n) is 5.91. The first-order valence-corrected chi connectivity index (χ1v) is 8.10. The lowest BCUT2D eigenvalue weighted by Crippen LogP contribution is -2.00. The second-order valence-corrected chi connectivity index (χ2v) is 5.91. The maximum atomic E-state index is 5.79. The van der Waals surface area contributed by atoms with Crippen molar-refractivity contribution in [3.05, 3.63) is 67.0 Å². The molecule has 0 atom stereocenters. The van der Waals surface area contributed by atoms with Crippen molar-refractivity contribution in [2.45, 2.75) is 0 Å². The molecule has 2 aromatic carbocycles. The molecule has 0 aliphatic rings. The molecule has 0 fully saturated rings. The lowest BCUT2D eigenvalue weighted by atomic mass is 10.1. The quantitative estimate of drug-likeness (QED) is 0.517. The van der Waals surface area contributed by atoms with Crippen LogP contribution in [0.3, 0.4) is 0 Å². The Kier molecular flexibility index (Phi) is 3.11. The van der Waals surface area contributed by atoms with Crippen molar-refractivity contribution in [2.75, 3.05) is 11.1 Å². The fraction of sp³-hybridized carbons (Fsp3) is 0. The maximum absolute atomic E-state index is 5.79. The van der Waals surface area contributed by atoms with E-state index in [1.165, 1.54) is 0 Å². The van der Waals surface area contributed by atoms with E-state index in [-0.39, 0.29) is 0 Å². The van der Waals surface area contributed by atoms with Crippen molar-refractivity contribution >= 4 is 33.8 Å². The summed E-state index contributed by atoms with van der Waals surface area (Å²) in [7, 11) is 0. The van der Waals surface area contributed by atoms with Crippen LogP contribution >= 0.6 is 0 Å². The van der Waals surface area contributed by atoms with Crippen LogP contribution < -0.4 is 11.1 Å². The molecule has 3 heterocycles. The van der Waals surface area contributed by atoms with E-state index in [1.807, 2.05) is 60.8 Å². The van der Waals surface area contributed by atoms with E-state index in [0.717, 1.165) is 33.7 Å². The molecule has 0 bridgehead atoms. The van der Waals surface area contributed by atoms with E-state index in [0.29, 0.717) is 11.4 Å². The summed E-state index contributed by atoms with van der Waals surface area (Å²) in [6.07, 6.45) is 3.54. The van der Waals surface area contributed by atoms with Gasteiger partial charge >= 0.3 is 0 Å². The number of aromatic nitrogens is 4. The molecule has 0 aliphatic carbocycles. The van der Waals surface area contributed by atoms with Crippen molar-refractivity contribution in [1.29, 1.82) is 0 Å². The topological polar surface area (TPSA) is 94.3 Å². The van der Waals surface area contributed by atoms with Gasteiger partial charge in [-0.25, -0.2) is 9.50 Å². The first kappa shape index (κ1) is 14.5. The molecule has 5 aromatic rings. The van der Waals surface area contributed by atoms with Crippen molar-refractivity contribution in [3.63, 3.8) is 0 Å². The van der Waals surface area contributed by atoms with E-state index in [9.17, 15) is 0 Å². The smallest absolute Gasteiger partial charge is 0.177 e. The molecule has 7 heteroatoms. The number of nitrogens with two attached hydrogens (primary N) is 1. The van der Waals surface area contributed by atoms with E-state index in [1.54, 1.807) is 10.7 Å². The number of nitrogens with one attached hydrogen (secondary N) is 1. The van der Waals surface area contributed by atoms with E-state index < -0.39 is 0 Å². The minimum Gasteiger partial charge on any atom is -0.380 e. The summed E-state index contributed by atoms with van der Waals surface area (Å²) in [5.74, 6) is 0.385. The third-order valence-corrected chi connectivity index (χ3v) is 4.21. The molecule has 0 aliphatic heterocycles. The Morgan fingerprint density at radius 3 is 2.81 bits per heavy atom. The van der Waals surface area contributed by atoms with Crippen LogP contribution in [0.2, 0.25) is 0 Å². The largest absolute Gasteiger partial charge is 0.380 e. The van der Waals surface area contributed by atoms with Crippen LogP contribution in [0.4, 0.5) is 17.2 Å². The summed E-state index contributed by atoms with van der Waals surface area (Å²) in [5.41, 5.74) is 10.7. The van der Waals surface area contributed by atoms with E-state index >= 15 is 0 Å². The minimum atomic E-state index is 0.385. The Morgan fingerprint density at radius 2 is 1.92 bits per heavy atom. The maximum Gasteiger partial charge on any atom is 0.177 e. The lowest BCUT2D eigenvalue weighted by molar-refractivity contribution is 0.460. The molecule has 0 saturated heterocycles. The van der Waals surface area contributed by atoms with Gasteiger partial charge in [0.05, 0.1) is 16.8 Å². The predicted molar refractivity (Wildman–Crippen MR) is 100 cm³/mol. The zero-order valence-corrected chi connectivity index (χ0v) is 13.6. The van der Waals surface area contributed by atoms with Gasteiger partial charge in [-0.3, -0.25) is 0 Å². The summed E-state index contributed by atoms with van der Waals surface area (Å²) in [5, 5.41) is 12.6. The molecule has 3 aromatic heterocycles. The van der Waals surface area contributed by atoms with Gasteiger partial charge in [0.2, 0.25) is 0 Å². The van der Waals surface area contributed by atoms with Gasteiger partial charge in [-0.15, -0.1) is 0 Å². The number of para-hydroxylation sites is 1. The molecule has 0 amide bonds. The Labute approximate surface area is 148 Å². The van der Waals surface area contributed by atoms with Crippen molar-refractivity contribution in [2.24, 2.45) is 0 Å². The normalized spacial score (nSPS) is 11.2. The van der Waals surface area contributed by atoms with Gasteiger partial charge in [0, 0.05) is 23.6 Å². The van der Waals surface area contributed by atoms with Crippen LogP contribution in [-0.2, 0) is 0 Å². The molecule has 0 radical (unpaired) electrons. The number of nitrogens with zero attached hydrogens (tertiary/aromatic N) is 4. The average molecular weight is 342 g/mol. The zero-order valence-electron chi connectivity index (χ0n) is 13.6. The Balaban J connectivity index is 1.65. The summed E-state index contributed by atoms with van der Waals surface area (Å²) < 4.78 is 7.02. The van der Waals surface area contributed by atoms with Gasteiger partial charge in [0.1, 0.15) is 0 Å². The number of rotatable bonds is 3. The lowest BCUT2D eigenvalue weighted by Gasteiger charge is -2.10. The second kappa shape index (κ2) is 5.59. The summed E-state index contributed by atoms with van der Waals surface area (Å²) >= 11 is 0. The van der Waals surface area contributed by atoms with Crippen LogP contribution in [-0.4, -0.2) is 19.8 Å². The molecule has 0 unspecified atom stereocenters. The molecule has 126 valence electrons. The van der Waals surface area contributed by atoms with Crippen molar-refractivity contribution in [3.8, 4) is 11.3 Å². The van der Waals surface area contributed by atoms with Crippen LogP contribution in [0.25, 0.3) is 27.9 Å². The van der Waals surface area contributed by atoms with Gasteiger partial charge in [-0.2, -0.15) is 5.10 Å². The number of hydrogen-bond acceptors (Lipinski definition) is 6. The fourth-order valence-corrected chi connectivity index (χ4v) is 2.94. The summed E-state index contributed by atoms with van der Waals surface area (Å²) in [6.45, 7) is 0. The van der Waals surface area contributed by atoms with Crippen LogP contribution in [0.15, 0.2) is 71.5 Å². The Bertz CT molecular complexity index is 1220. The monoisotopic (exact) mass is 342 g/mol. The van der Waals surface area contributed by atoms with Gasteiger partial charge in [0.15, 0.2) is 17.0 Å². The highest BCUT2D eigenvalue weighted by Crippen LogP contribution is 2.29. The van der Waals surface area contributed by atoms with Gasteiger partial charge < -0.3 is 15.6 Å². The third-order valence-electron chi connectivity index (χ3n) is 4.21. The zero-order chi connectivity index (χ0) is 17.5. The fourth-order valence-electron chi connectivity index (χ4n) is 2.94. The molecule has 0 saturated carbocycles. The molecule has 3 N–H and O–H groups in total. The molecule has 5 rings (SSSR count). The average Bonchev–Trinajstić information content (AvgIpc) is 3.29. The Morgan fingerprint density at radius 1 is 1.04 bits per heavy atom. The van der Waals surface area contributed by atoms with Crippen molar-refractivity contribution in [1.82, 2.24) is 19.8 Å².